The second-order valence-corrected chi connectivity index (χ2v) is 10.2. The van der Waals surface area contributed by atoms with Crippen molar-refractivity contribution in [2.24, 2.45) is 11.7 Å². The Balaban J connectivity index is 1.59. The van der Waals surface area contributed by atoms with E-state index in [9.17, 15) is 14.4 Å². The van der Waals surface area contributed by atoms with E-state index in [4.69, 9.17) is 15.5 Å². The van der Waals surface area contributed by atoms with E-state index >= 15 is 0 Å². The van der Waals surface area contributed by atoms with Crippen molar-refractivity contribution in [3.05, 3.63) is 34.1 Å². The van der Waals surface area contributed by atoms with Gasteiger partial charge in [-0.25, -0.2) is 4.98 Å². The quantitative estimate of drug-likeness (QED) is 0.331. The monoisotopic (exact) mass is 486 g/mol. The number of hydrogen-bond donors (Lipinski definition) is 1. The molecule has 0 aliphatic carbocycles. The summed E-state index contributed by atoms with van der Waals surface area (Å²) in [5, 5.41) is 1.22. The number of piperidine rings is 1. The molecule has 2 amide bonds. The number of aromatic nitrogens is 2. The van der Waals surface area contributed by atoms with Crippen LogP contribution in [-0.4, -0.2) is 57.8 Å². The molecule has 1 atom stereocenters. The molecule has 8 nitrogen and oxygen atoms in total. The van der Waals surface area contributed by atoms with Crippen molar-refractivity contribution in [3.8, 4) is 0 Å². The number of carbonyl (C=O) groups is 2. The lowest BCUT2D eigenvalue weighted by molar-refractivity contribution is -0.123. The van der Waals surface area contributed by atoms with Gasteiger partial charge in [0.25, 0.3) is 11.5 Å². The Hall–Kier alpha value is -2.39. The van der Waals surface area contributed by atoms with E-state index in [1.165, 1.54) is 0 Å². The van der Waals surface area contributed by atoms with Crippen LogP contribution in [0.15, 0.2) is 28.2 Å². The van der Waals surface area contributed by atoms with E-state index in [1.54, 1.807) is 39.4 Å². The maximum atomic E-state index is 13.4. The summed E-state index contributed by atoms with van der Waals surface area (Å²) in [6, 6.07) is 5.16. The number of unbranched alkanes of at least 4 members (excludes halogenated alkanes) is 2. The highest BCUT2D eigenvalue weighted by molar-refractivity contribution is 7.99. The molecule has 1 aromatic carbocycles. The molecular weight excluding hydrogens is 452 g/mol. The molecule has 34 heavy (non-hydrogen) atoms. The second kappa shape index (κ2) is 11.4. The highest BCUT2D eigenvalue weighted by atomic mass is 32.2. The lowest BCUT2D eigenvalue weighted by atomic mass is 9.96. The molecule has 1 aromatic heterocycles. The maximum absolute atomic E-state index is 13.4. The number of rotatable bonds is 9. The fourth-order valence-electron chi connectivity index (χ4n) is 4.65. The van der Waals surface area contributed by atoms with E-state index in [2.05, 4.69) is 6.92 Å². The Labute approximate surface area is 204 Å². The van der Waals surface area contributed by atoms with Crippen molar-refractivity contribution >= 4 is 34.5 Å². The Morgan fingerprint density at radius 1 is 1.21 bits per heavy atom. The number of carbonyl (C=O) groups excluding carboxylic acids is 2. The van der Waals surface area contributed by atoms with Crippen LogP contribution in [-0.2, 0) is 16.1 Å². The first-order valence-electron chi connectivity index (χ1n) is 12.4. The van der Waals surface area contributed by atoms with Gasteiger partial charge in [-0.15, -0.1) is 0 Å². The van der Waals surface area contributed by atoms with E-state index in [0.717, 1.165) is 44.5 Å². The third-order valence-corrected chi connectivity index (χ3v) is 7.87. The van der Waals surface area contributed by atoms with Crippen molar-refractivity contribution in [1.29, 1.82) is 0 Å². The zero-order chi connectivity index (χ0) is 24.1. The van der Waals surface area contributed by atoms with E-state index in [-0.39, 0.29) is 29.4 Å². The second-order valence-electron chi connectivity index (χ2n) is 9.21. The average Bonchev–Trinajstić information content (AvgIpc) is 3.37. The summed E-state index contributed by atoms with van der Waals surface area (Å²) in [4.78, 5) is 44.5. The minimum Gasteiger partial charge on any atom is -0.377 e. The van der Waals surface area contributed by atoms with Crippen LogP contribution in [0.5, 0.6) is 0 Å². The summed E-state index contributed by atoms with van der Waals surface area (Å²) >= 11 is 1.56. The molecule has 2 aromatic rings. The number of fused-ring (bicyclic) bond motifs is 1. The largest absolute Gasteiger partial charge is 0.377 e. The van der Waals surface area contributed by atoms with Gasteiger partial charge >= 0.3 is 0 Å². The van der Waals surface area contributed by atoms with Crippen LogP contribution < -0.4 is 11.3 Å². The molecule has 184 valence electrons. The maximum Gasteiger partial charge on any atom is 0.262 e. The summed E-state index contributed by atoms with van der Waals surface area (Å²) in [6.45, 7) is 4.57. The molecule has 0 saturated carbocycles. The van der Waals surface area contributed by atoms with Gasteiger partial charge in [0.05, 0.1) is 17.0 Å². The van der Waals surface area contributed by atoms with Crippen LogP contribution in [0.25, 0.3) is 10.9 Å². The van der Waals surface area contributed by atoms with Crippen molar-refractivity contribution in [2.75, 3.05) is 25.4 Å². The van der Waals surface area contributed by atoms with Crippen molar-refractivity contribution in [2.45, 2.75) is 69.7 Å². The molecule has 2 N–H and O–H groups in total. The standard InChI is InChI=1S/C25H34N4O4S/c1-2-3-4-11-29-24(32)20-8-7-18(23(31)28-12-9-17(10-13-28)22(26)30)15-21(20)27-25(29)34-16-19-6-5-14-33-19/h7-8,15,17,19H,2-6,9-14,16H2,1H3,(H2,26,30)/t19-/m0/s1. The minimum atomic E-state index is -0.301. The zero-order valence-corrected chi connectivity index (χ0v) is 20.6. The van der Waals surface area contributed by atoms with Crippen LogP contribution >= 0.6 is 11.8 Å². The molecule has 0 bridgehead atoms. The van der Waals surface area contributed by atoms with Gasteiger partial charge in [0.15, 0.2) is 5.16 Å². The number of amides is 2. The van der Waals surface area contributed by atoms with Gasteiger partial charge in [-0.1, -0.05) is 31.5 Å². The summed E-state index contributed by atoms with van der Waals surface area (Å²) in [6.07, 6.45) is 6.52. The van der Waals surface area contributed by atoms with Gasteiger partial charge in [0, 0.05) is 43.5 Å². The summed E-state index contributed by atoms with van der Waals surface area (Å²) < 4.78 is 7.54. The number of thioether (sulfide) groups is 1. The fourth-order valence-corrected chi connectivity index (χ4v) is 5.74. The van der Waals surface area contributed by atoms with Gasteiger partial charge in [-0.3, -0.25) is 19.0 Å². The predicted octanol–water partition coefficient (Wildman–Crippen LogP) is 3.20. The lowest BCUT2D eigenvalue weighted by Crippen LogP contribution is -2.41. The number of likely N-dealkylation sites (tertiary alicyclic amines) is 1. The summed E-state index contributed by atoms with van der Waals surface area (Å²) in [5.41, 5.74) is 6.41. The van der Waals surface area contributed by atoms with Crippen molar-refractivity contribution in [1.82, 2.24) is 14.5 Å². The fraction of sp³-hybridized carbons (Fsp3) is 0.600. The molecule has 0 radical (unpaired) electrons. The molecule has 3 heterocycles. The van der Waals surface area contributed by atoms with Gasteiger partial charge < -0.3 is 15.4 Å². The van der Waals surface area contributed by atoms with Gasteiger partial charge in [-0.2, -0.15) is 0 Å². The minimum absolute atomic E-state index is 0.0581. The van der Waals surface area contributed by atoms with Crippen LogP contribution in [0, 0.1) is 5.92 Å². The number of hydrogen-bond acceptors (Lipinski definition) is 6. The smallest absolute Gasteiger partial charge is 0.262 e. The van der Waals surface area contributed by atoms with E-state index < -0.39 is 0 Å². The van der Waals surface area contributed by atoms with E-state index in [0.29, 0.717) is 54.1 Å². The Morgan fingerprint density at radius 2 is 2.00 bits per heavy atom. The number of nitrogens with zero attached hydrogens (tertiary/aromatic N) is 3. The first-order chi connectivity index (χ1) is 16.5. The van der Waals surface area contributed by atoms with Gasteiger partial charge in [-0.05, 0) is 50.3 Å². The highest BCUT2D eigenvalue weighted by Gasteiger charge is 2.27. The number of ether oxygens (including phenoxy) is 1. The molecular formula is C25H34N4O4S. The summed E-state index contributed by atoms with van der Waals surface area (Å²) in [7, 11) is 0. The number of benzene rings is 1. The highest BCUT2D eigenvalue weighted by Crippen LogP contribution is 2.25. The number of nitrogens with two attached hydrogens (primary N) is 1. The van der Waals surface area contributed by atoms with Crippen molar-refractivity contribution in [3.63, 3.8) is 0 Å². The van der Waals surface area contributed by atoms with Crippen LogP contribution in [0.4, 0.5) is 0 Å². The SMILES string of the molecule is CCCCCn1c(SC[C@@H]2CCCO2)nc2cc(C(=O)N3CCC(C(N)=O)CC3)ccc2c1=O. The molecule has 4 rings (SSSR count). The van der Waals surface area contributed by atoms with E-state index in [1.807, 2.05) is 0 Å². The Kier molecular flexibility index (Phi) is 8.26. The zero-order valence-electron chi connectivity index (χ0n) is 19.8. The lowest BCUT2D eigenvalue weighted by Gasteiger charge is -2.30. The normalized spacial score (nSPS) is 19.1. The van der Waals surface area contributed by atoms with Gasteiger partial charge in [0.2, 0.25) is 5.91 Å². The molecule has 0 unspecified atom stereocenters. The Bertz CT molecular complexity index is 1090. The molecule has 9 heteroatoms. The van der Waals surface area contributed by atoms with Crippen LogP contribution in [0.2, 0.25) is 0 Å². The molecule has 2 saturated heterocycles. The van der Waals surface area contributed by atoms with Gasteiger partial charge in [0.1, 0.15) is 0 Å². The van der Waals surface area contributed by atoms with Crippen LogP contribution in [0.1, 0.15) is 62.2 Å². The average molecular weight is 487 g/mol. The third kappa shape index (κ3) is 5.63. The Morgan fingerprint density at radius 3 is 2.68 bits per heavy atom. The number of primary amides is 1. The predicted molar refractivity (Wildman–Crippen MR) is 133 cm³/mol. The molecule has 0 spiro atoms. The molecule has 2 aliphatic rings. The summed E-state index contributed by atoms with van der Waals surface area (Å²) in [5.74, 6) is 0.188. The van der Waals surface area contributed by atoms with Crippen molar-refractivity contribution < 1.29 is 14.3 Å². The first kappa shape index (κ1) is 24.7. The molecule has 2 aliphatic heterocycles. The third-order valence-electron chi connectivity index (χ3n) is 6.76. The first-order valence-corrected chi connectivity index (χ1v) is 13.3. The molecule has 2 fully saturated rings. The van der Waals surface area contributed by atoms with Crippen LogP contribution in [0.3, 0.4) is 0 Å². The topological polar surface area (TPSA) is 108 Å².